The summed E-state index contributed by atoms with van der Waals surface area (Å²) >= 11 is 0. The van der Waals surface area contributed by atoms with E-state index in [-0.39, 0.29) is 5.91 Å². The molecule has 0 saturated carbocycles. The zero-order chi connectivity index (χ0) is 13.5. The van der Waals surface area contributed by atoms with E-state index in [1.165, 1.54) is 6.08 Å². The fraction of sp³-hybridized carbons (Fsp3) is 0.0625. The van der Waals surface area contributed by atoms with Crippen molar-refractivity contribution in [2.45, 2.75) is 6.54 Å². The molecule has 0 unspecified atom stereocenters. The molecule has 2 aromatic carbocycles. The van der Waals surface area contributed by atoms with Gasteiger partial charge in [-0.05, 0) is 29.3 Å². The lowest BCUT2D eigenvalue weighted by Crippen LogP contribution is -2.07. The van der Waals surface area contributed by atoms with E-state index in [1.54, 1.807) is 6.08 Å². The normalized spacial score (nSPS) is 10.6. The predicted octanol–water partition coefficient (Wildman–Crippen LogP) is 2.80. The zero-order valence-electron chi connectivity index (χ0n) is 10.5. The summed E-state index contributed by atoms with van der Waals surface area (Å²) in [6.07, 6.45) is 3.30. The summed E-state index contributed by atoms with van der Waals surface area (Å²) in [4.78, 5) is 11.7. The molecule has 0 bridgehead atoms. The summed E-state index contributed by atoms with van der Waals surface area (Å²) in [6, 6.07) is 17.2. The summed E-state index contributed by atoms with van der Waals surface area (Å²) < 4.78 is 0. The van der Waals surface area contributed by atoms with E-state index in [2.05, 4.69) is 5.32 Å². The molecule has 0 aromatic heterocycles. The van der Waals surface area contributed by atoms with Gasteiger partial charge in [0.1, 0.15) is 0 Å². The zero-order valence-corrected chi connectivity index (χ0v) is 10.5. The van der Waals surface area contributed by atoms with Gasteiger partial charge in [0.15, 0.2) is 0 Å². The molecule has 0 radical (unpaired) electrons. The van der Waals surface area contributed by atoms with Gasteiger partial charge in [-0.3, -0.25) is 4.79 Å². The van der Waals surface area contributed by atoms with Gasteiger partial charge in [-0.1, -0.05) is 42.5 Å². The Morgan fingerprint density at radius 2 is 1.74 bits per heavy atom. The average molecular weight is 252 g/mol. The van der Waals surface area contributed by atoms with Gasteiger partial charge in [0.25, 0.3) is 0 Å². The van der Waals surface area contributed by atoms with Crippen LogP contribution in [0.15, 0.2) is 60.7 Å². The van der Waals surface area contributed by atoms with E-state index in [4.69, 9.17) is 5.73 Å². The second-order valence-corrected chi connectivity index (χ2v) is 4.13. The third kappa shape index (κ3) is 4.08. The van der Waals surface area contributed by atoms with Crippen molar-refractivity contribution in [1.82, 2.24) is 0 Å². The Kier molecular flexibility index (Phi) is 4.48. The van der Waals surface area contributed by atoms with Crippen LogP contribution in [-0.4, -0.2) is 5.91 Å². The van der Waals surface area contributed by atoms with Crippen LogP contribution in [0.25, 0.3) is 6.08 Å². The molecule has 3 heteroatoms. The van der Waals surface area contributed by atoms with Crippen LogP contribution in [0.1, 0.15) is 11.1 Å². The van der Waals surface area contributed by atoms with E-state index < -0.39 is 0 Å². The largest absolute Gasteiger partial charge is 0.326 e. The van der Waals surface area contributed by atoms with Crippen LogP contribution >= 0.6 is 0 Å². The van der Waals surface area contributed by atoms with Gasteiger partial charge in [0.05, 0.1) is 0 Å². The molecule has 1 amide bonds. The molecule has 96 valence electrons. The molecule has 0 atom stereocenters. The van der Waals surface area contributed by atoms with Crippen molar-refractivity contribution >= 4 is 17.7 Å². The van der Waals surface area contributed by atoms with Crippen LogP contribution < -0.4 is 11.1 Å². The Bertz CT molecular complexity index is 559. The number of hydrogen-bond acceptors (Lipinski definition) is 2. The lowest BCUT2D eigenvalue weighted by Gasteiger charge is -2.03. The summed E-state index contributed by atoms with van der Waals surface area (Å²) in [6.45, 7) is 0.502. The maximum absolute atomic E-state index is 11.7. The minimum absolute atomic E-state index is 0.149. The van der Waals surface area contributed by atoms with E-state index in [0.29, 0.717) is 6.54 Å². The lowest BCUT2D eigenvalue weighted by atomic mass is 10.2. The van der Waals surface area contributed by atoms with Crippen LogP contribution in [0, 0.1) is 0 Å². The van der Waals surface area contributed by atoms with Crippen LogP contribution in [0.2, 0.25) is 0 Å². The number of amides is 1. The Balaban J connectivity index is 1.95. The van der Waals surface area contributed by atoms with Crippen molar-refractivity contribution in [1.29, 1.82) is 0 Å². The molecule has 0 aliphatic heterocycles. The highest BCUT2D eigenvalue weighted by atomic mass is 16.1. The van der Waals surface area contributed by atoms with Crippen molar-refractivity contribution in [2.24, 2.45) is 5.73 Å². The van der Waals surface area contributed by atoms with Crippen molar-refractivity contribution < 1.29 is 4.79 Å². The minimum atomic E-state index is -0.149. The van der Waals surface area contributed by atoms with E-state index in [0.717, 1.165) is 16.8 Å². The van der Waals surface area contributed by atoms with Gasteiger partial charge in [-0.2, -0.15) is 0 Å². The molecule has 0 spiro atoms. The van der Waals surface area contributed by atoms with Crippen LogP contribution in [0.3, 0.4) is 0 Å². The number of hydrogen-bond donors (Lipinski definition) is 2. The Morgan fingerprint density at radius 1 is 1.05 bits per heavy atom. The fourth-order valence-corrected chi connectivity index (χ4v) is 1.64. The molecule has 2 rings (SSSR count). The first kappa shape index (κ1) is 13.1. The number of rotatable bonds is 4. The molecule has 2 aromatic rings. The maximum Gasteiger partial charge on any atom is 0.248 e. The molecule has 0 saturated heterocycles. The maximum atomic E-state index is 11.7. The molecule has 3 N–H and O–H groups in total. The summed E-state index contributed by atoms with van der Waals surface area (Å²) in [5.41, 5.74) is 8.31. The molecule has 0 aliphatic rings. The highest BCUT2D eigenvalue weighted by Gasteiger charge is 1.97. The van der Waals surface area contributed by atoms with Crippen molar-refractivity contribution in [3.63, 3.8) is 0 Å². The van der Waals surface area contributed by atoms with Gasteiger partial charge in [0.2, 0.25) is 5.91 Å². The third-order valence-corrected chi connectivity index (χ3v) is 2.68. The highest BCUT2D eigenvalue weighted by Crippen LogP contribution is 2.09. The quantitative estimate of drug-likeness (QED) is 0.822. The molecule has 0 fully saturated rings. The SMILES string of the molecule is NCc1ccc(NC(=O)C=Cc2ccccc2)cc1. The minimum Gasteiger partial charge on any atom is -0.326 e. The number of benzene rings is 2. The number of anilines is 1. The Labute approximate surface area is 112 Å². The Hall–Kier alpha value is -2.39. The van der Waals surface area contributed by atoms with Crippen LogP contribution in [-0.2, 0) is 11.3 Å². The standard InChI is InChI=1S/C16H16N2O/c17-12-14-6-9-15(10-7-14)18-16(19)11-8-13-4-2-1-3-5-13/h1-11H,12,17H2,(H,18,19). The smallest absolute Gasteiger partial charge is 0.248 e. The topological polar surface area (TPSA) is 55.1 Å². The van der Waals surface area contributed by atoms with E-state index in [1.807, 2.05) is 54.6 Å². The third-order valence-electron chi connectivity index (χ3n) is 2.68. The Morgan fingerprint density at radius 3 is 2.37 bits per heavy atom. The molecule has 0 heterocycles. The number of nitrogens with one attached hydrogen (secondary N) is 1. The van der Waals surface area contributed by atoms with E-state index >= 15 is 0 Å². The molecule has 19 heavy (non-hydrogen) atoms. The van der Waals surface area contributed by atoms with Crippen LogP contribution in [0.5, 0.6) is 0 Å². The summed E-state index contributed by atoms with van der Waals surface area (Å²) in [5.74, 6) is -0.149. The van der Waals surface area contributed by atoms with Gasteiger partial charge in [-0.15, -0.1) is 0 Å². The molecular formula is C16H16N2O. The predicted molar refractivity (Wildman–Crippen MR) is 78.4 cm³/mol. The number of carbonyl (C=O) groups excluding carboxylic acids is 1. The summed E-state index contributed by atoms with van der Waals surface area (Å²) in [5, 5.41) is 2.80. The number of nitrogens with two attached hydrogens (primary N) is 1. The second kappa shape index (κ2) is 6.52. The second-order valence-electron chi connectivity index (χ2n) is 4.13. The van der Waals surface area contributed by atoms with Gasteiger partial charge in [-0.25, -0.2) is 0 Å². The van der Waals surface area contributed by atoms with Crippen LogP contribution in [0.4, 0.5) is 5.69 Å². The molecular weight excluding hydrogens is 236 g/mol. The first-order chi connectivity index (χ1) is 9.28. The van der Waals surface area contributed by atoms with E-state index in [9.17, 15) is 4.79 Å². The van der Waals surface area contributed by atoms with Crippen molar-refractivity contribution in [3.05, 3.63) is 71.8 Å². The molecule has 3 nitrogen and oxygen atoms in total. The fourth-order valence-electron chi connectivity index (χ4n) is 1.64. The van der Waals surface area contributed by atoms with Gasteiger partial charge < -0.3 is 11.1 Å². The lowest BCUT2D eigenvalue weighted by molar-refractivity contribution is -0.111. The van der Waals surface area contributed by atoms with Gasteiger partial charge in [0, 0.05) is 18.3 Å². The van der Waals surface area contributed by atoms with Crippen molar-refractivity contribution in [2.75, 3.05) is 5.32 Å². The monoisotopic (exact) mass is 252 g/mol. The van der Waals surface area contributed by atoms with Gasteiger partial charge >= 0.3 is 0 Å². The molecule has 0 aliphatic carbocycles. The highest BCUT2D eigenvalue weighted by molar-refractivity contribution is 6.01. The average Bonchev–Trinajstić information content (AvgIpc) is 2.47. The summed E-state index contributed by atoms with van der Waals surface area (Å²) in [7, 11) is 0. The van der Waals surface area contributed by atoms with Crippen molar-refractivity contribution in [3.8, 4) is 0 Å². The number of carbonyl (C=O) groups is 1. The first-order valence-electron chi connectivity index (χ1n) is 6.11. The first-order valence-corrected chi connectivity index (χ1v) is 6.11.